The molecule has 0 saturated heterocycles. The summed E-state index contributed by atoms with van der Waals surface area (Å²) in [5.74, 6) is 0.338. The van der Waals surface area contributed by atoms with E-state index < -0.39 is 0 Å². The van der Waals surface area contributed by atoms with Crippen LogP contribution < -0.4 is 9.75 Å². The Morgan fingerprint density at radius 2 is 1.79 bits per heavy atom. The summed E-state index contributed by atoms with van der Waals surface area (Å²) in [4.78, 5) is 17.5. The first-order chi connectivity index (χ1) is 14.2. The lowest BCUT2D eigenvalue weighted by Gasteiger charge is -2.14. The van der Waals surface area contributed by atoms with E-state index in [4.69, 9.17) is 4.74 Å². The maximum atomic E-state index is 12.9. The van der Waals surface area contributed by atoms with Gasteiger partial charge in [0.15, 0.2) is 6.61 Å². The van der Waals surface area contributed by atoms with Gasteiger partial charge in [0.2, 0.25) is 5.13 Å². The molecule has 144 valence electrons. The average Bonchev–Trinajstić information content (AvgIpc) is 3.16. The number of amides is 1. The zero-order chi connectivity index (χ0) is 20.1. The van der Waals surface area contributed by atoms with Gasteiger partial charge in [-0.1, -0.05) is 65.9 Å². The predicted molar refractivity (Wildman–Crippen MR) is 118 cm³/mol. The van der Waals surface area contributed by atoms with Crippen molar-refractivity contribution in [3.8, 4) is 5.75 Å². The summed E-state index contributed by atoms with van der Waals surface area (Å²) in [5.41, 5.74) is 2.88. The van der Waals surface area contributed by atoms with Gasteiger partial charge in [-0.2, -0.15) is 10.1 Å². The van der Waals surface area contributed by atoms with Crippen LogP contribution in [0.3, 0.4) is 0 Å². The molecule has 0 atom stereocenters. The van der Waals surface area contributed by atoms with Gasteiger partial charge < -0.3 is 4.74 Å². The van der Waals surface area contributed by atoms with Crippen molar-refractivity contribution in [1.29, 1.82) is 0 Å². The van der Waals surface area contributed by atoms with Gasteiger partial charge >= 0.3 is 0 Å². The number of para-hydroxylation sites is 1. The van der Waals surface area contributed by atoms with Crippen molar-refractivity contribution < 1.29 is 9.53 Å². The molecule has 1 aromatic heterocycles. The maximum absolute atomic E-state index is 12.9. The molecule has 0 aliphatic rings. The molecule has 0 saturated carbocycles. The highest BCUT2D eigenvalue weighted by Crippen LogP contribution is 2.30. The largest absolute Gasteiger partial charge is 0.484 e. The first-order valence-electron chi connectivity index (χ1n) is 9.16. The third-order valence-electron chi connectivity index (χ3n) is 4.18. The van der Waals surface area contributed by atoms with E-state index in [1.807, 2.05) is 79.7 Å². The minimum atomic E-state index is -0.295. The molecule has 1 amide bonds. The van der Waals surface area contributed by atoms with E-state index in [0.717, 1.165) is 21.3 Å². The number of nitrogens with zero attached hydrogens (tertiary/aromatic N) is 3. The first-order valence-corrected chi connectivity index (χ1v) is 9.98. The number of rotatable bonds is 6. The van der Waals surface area contributed by atoms with Crippen molar-refractivity contribution >= 4 is 38.8 Å². The van der Waals surface area contributed by atoms with Crippen molar-refractivity contribution in [2.45, 2.75) is 6.92 Å². The van der Waals surface area contributed by atoms with Crippen LogP contribution in [0.15, 0.2) is 84.0 Å². The van der Waals surface area contributed by atoms with Crippen LogP contribution in [0.1, 0.15) is 11.1 Å². The molecule has 29 heavy (non-hydrogen) atoms. The Bertz CT molecular complexity index is 1140. The lowest BCUT2D eigenvalue weighted by atomic mass is 10.2. The molecule has 0 radical (unpaired) electrons. The molecule has 5 nitrogen and oxygen atoms in total. The molecule has 0 N–H and O–H groups in total. The van der Waals surface area contributed by atoms with Crippen molar-refractivity contribution in [3.63, 3.8) is 0 Å². The zero-order valence-electron chi connectivity index (χ0n) is 15.9. The Labute approximate surface area is 172 Å². The van der Waals surface area contributed by atoms with E-state index in [1.54, 1.807) is 6.21 Å². The van der Waals surface area contributed by atoms with Crippen LogP contribution in [0.4, 0.5) is 5.13 Å². The molecular formula is C23H19N3O2S. The Kier molecular flexibility index (Phi) is 5.63. The summed E-state index contributed by atoms with van der Waals surface area (Å²) in [6.45, 7) is 1.90. The number of carbonyl (C=O) groups excluding carboxylic acids is 1. The van der Waals surface area contributed by atoms with Crippen molar-refractivity contribution in [1.82, 2.24) is 4.98 Å². The van der Waals surface area contributed by atoms with Gasteiger partial charge in [0.05, 0.1) is 16.4 Å². The van der Waals surface area contributed by atoms with Crippen LogP contribution in [0.5, 0.6) is 5.75 Å². The van der Waals surface area contributed by atoms with E-state index in [9.17, 15) is 4.79 Å². The van der Waals surface area contributed by atoms with Gasteiger partial charge in [-0.15, -0.1) is 0 Å². The fraction of sp³-hybridized carbons (Fsp3) is 0.0870. The highest BCUT2D eigenvalue weighted by atomic mass is 32.1. The molecule has 0 spiro atoms. The van der Waals surface area contributed by atoms with E-state index in [-0.39, 0.29) is 12.5 Å². The molecule has 4 rings (SSSR count). The van der Waals surface area contributed by atoms with Gasteiger partial charge in [0.25, 0.3) is 5.91 Å². The Balaban J connectivity index is 1.62. The molecule has 0 aliphatic carbocycles. The minimum absolute atomic E-state index is 0.134. The van der Waals surface area contributed by atoms with Gasteiger partial charge in [-0.05, 0) is 42.3 Å². The first kappa shape index (κ1) is 18.8. The van der Waals surface area contributed by atoms with Gasteiger partial charge in [-0.3, -0.25) is 4.79 Å². The predicted octanol–water partition coefficient (Wildman–Crippen LogP) is 5.05. The smallest absolute Gasteiger partial charge is 0.287 e. The fourth-order valence-electron chi connectivity index (χ4n) is 2.72. The monoisotopic (exact) mass is 401 g/mol. The molecule has 3 aromatic carbocycles. The number of thiazole rings is 1. The number of benzene rings is 3. The van der Waals surface area contributed by atoms with Gasteiger partial charge in [-0.25, -0.2) is 4.98 Å². The summed E-state index contributed by atoms with van der Waals surface area (Å²) in [7, 11) is 0. The Hall–Kier alpha value is -3.51. The molecule has 0 unspecified atom stereocenters. The quantitative estimate of drug-likeness (QED) is 0.336. The molecule has 4 aromatic rings. The average molecular weight is 401 g/mol. The molecule has 0 fully saturated rings. The Morgan fingerprint density at radius 3 is 2.55 bits per heavy atom. The number of aromatic nitrogens is 1. The second-order valence-electron chi connectivity index (χ2n) is 6.43. The number of hydrogen-bond acceptors (Lipinski definition) is 5. The lowest BCUT2D eigenvalue weighted by Crippen LogP contribution is -2.30. The van der Waals surface area contributed by atoms with Crippen molar-refractivity contribution in [2.75, 3.05) is 11.6 Å². The number of hydrogen-bond donors (Lipinski definition) is 0. The van der Waals surface area contributed by atoms with Crippen LogP contribution in [-0.4, -0.2) is 23.7 Å². The maximum Gasteiger partial charge on any atom is 0.287 e. The molecule has 1 heterocycles. The number of aryl methyl sites for hydroxylation is 1. The third kappa shape index (κ3) is 4.67. The second-order valence-corrected chi connectivity index (χ2v) is 7.44. The molecule has 0 bridgehead atoms. The number of anilines is 1. The van der Waals surface area contributed by atoms with Gasteiger partial charge in [0, 0.05) is 0 Å². The summed E-state index contributed by atoms with van der Waals surface area (Å²) in [5, 5.41) is 6.25. The van der Waals surface area contributed by atoms with Crippen LogP contribution in [0, 0.1) is 6.92 Å². The summed E-state index contributed by atoms with van der Waals surface area (Å²) < 4.78 is 6.64. The second kappa shape index (κ2) is 8.67. The summed E-state index contributed by atoms with van der Waals surface area (Å²) in [6, 6.07) is 24.9. The van der Waals surface area contributed by atoms with Crippen LogP contribution in [0.2, 0.25) is 0 Å². The summed E-state index contributed by atoms with van der Waals surface area (Å²) in [6.07, 6.45) is 1.65. The number of hydrazone groups is 1. The fourth-order valence-corrected chi connectivity index (χ4v) is 3.76. The number of fused-ring (bicyclic) bond motifs is 1. The third-order valence-corrected chi connectivity index (χ3v) is 5.17. The standard InChI is InChI=1S/C23H19N3O2S/c1-17-12-13-20-21(14-17)29-23(25-20)26(24-15-18-8-4-2-5-9-18)22(27)16-28-19-10-6-3-7-11-19/h2-15H,16H2,1H3/b24-15+. The van der Waals surface area contributed by atoms with E-state index >= 15 is 0 Å². The Morgan fingerprint density at radius 1 is 1.07 bits per heavy atom. The molecule has 6 heteroatoms. The minimum Gasteiger partial charge on any atom is -0.484 e. The van der Waals surface area contributed by atoms with Crippen LogP contribution in [0.25, 0.3) is 10.2 Å². The van der Waals surface area contributed by atoms with Gasteiger partial charge in [0.1, 0.15) is 5.75 Å². The zero-order valence-corrected chi connectivity index (χ0v) is 16.7. The van der Waals surface area contributed by atoms with Crippen LogP contribution in [-0.2, 0) is 4.79 Å². The number of ether oxygens (including phenoxy) is 1. The topological polar surface area (TPSA) is 54.8 Å². The van der Waals surface area contributed by atoms with Crippen molar-refractivity contribution in [3.05, 3.63) is 90.0 Å². The van der Waals surface area contributed by atoms with E-state index in [1.165, 1.54) is 16.3 Å². The highest BCUT2D eigenvalue weighted by Gasteiger charge is 2.20. The van der Waals surface area contributed by atoms with E-state index in [0.29, 0.717) is 10.9 Å². The SMILES string of the molecule is Cc1ccc2nc(N(/N=C/c3ccccc3)C(=O)COc3ccccc3)sc2c1. The van der Waals surface area contributed by atoms with E-state index in [2.05, 4.69) is 16.2 Å². The van der Waals surface area contributed by atoms with Crippen LogP contribution >= 0.6 is 11.3 Å². The lowest BCUT2D eigenvalue weighted by molar-refractivity contribution is -0.120. The highest BCUT2D eigenvalue weighted by molar-refractivity contribution is 7.22. The normalized spacial score (nSPS) is 11.1. The molecule has 0 aliphatic heterocycles. The summed E-state index contributed by atoms with van der Waals surface area (Å²) >= 11 is 1.43. The van der Waals surface area contributed by atoms with Crippen molar-refractivity contribution in [2.24, 2.45) is 5.10 Å². The molecular weight excluding hydrogens is 382 g/mol. The number of carbonyl (C=O) groups is 1.